The van der Waals surface area contributed by atoms with Crippen molar-refractivity contribution in [3.8, 4) is 0 Å². The first-order chi connectivity index (χ1) is 26.7. The zero-order valence-electron chi connectivity index (χ0n) is 32.3. The first-order valence-corrected chi connectivity index (χ1v) is 18.8. The fourth-order valence-corrected chi connectivity index (χ4v) is 5.69. The molecule has 2 heterocycles. The lowest BCUT2D eigenvalue weighted by Crippen LogP contribution is -2.52. The van der Waals surface area contributed by atoms with Gasteiger partial charge in [-0.2, -0.15) is 5.10 Å². The Morgan fingerprint density at radius 3 is 2.32 bits per heavy atom. The molecule has 1 fully saturated rings. The third-order valence-corrected chi connectivity index (χ3v) is 8.56. The highest BCUT2D eigenvalue weighted by atomic mass is 79.9. The van der Waals surface area contributed by atoms with Crippen LogP contribution in [0, 0.1) is 19.7 Å². The van der Waals surface area contributed by atoms with Crippen LogP contribution >= 0.6 is 15.9 Å². The molecule has 15 nitrogen and oxygen atoms in total. The number of nitrogens with one attached hydrogen (secondary N) is 4. The van der Waals surface area contributed by atoms with Gasteiger partial charge in [0.2, 0.25) is 18.7 Å². The third kappa shape index (κ3) is 15.5. The van der Waals surface area contributed by atoms with Crippen LogP contribution in [0.4, 0.5) is 14.9 Å². The molecule has 4 rings (SSSR count). The summed E-state index contributed by atoms with van der Waals surface area (Å²) in [5.74, 6) is -1.15. The minimum absolute atomic E-state index is 0.0465. The van der Waals surface area contributed by atoms with Crippen LogP contribution in [0.2, 0.25) is 0 Å². The van der Waals surface area contributed by atoms with Crippen LogP contribution in [0.25, 0.3) is 0 Å². The summed E-state index contributed by atoms with van der Waals surface area (Å²) >= 11 is 3.29. The van der Waals surface area contributed by atoms with Gasteiger partial charge in [0.1, 0.15) is 11.4 Å². The van der Waals surface area contributed by atoms with Crippen molar-refractivity contribution in [3.05, 3.63) is 93.0 Å². The van der Waals surface area contributed by atoms with Crippen molar-refractivity contribution in [3.63, 3.8) is 0 Å². The van der Waals surface area contributed by atoms with Gasteiger partial charge in [-0.15, -0.1) is 0 Å². The second kappa shape index (κ2) is 23.0. The summed E-state index contributed by atoms with van der Waals surface area (Å²) in [6.07, 6.45) is 2.56. The number of carbonyl (C=O) groups is 5. The van der Waals surface area contributed by atoms with Crippen LogP contribution in [-0.2, 0) is 30.3 Å². The molecule has 17 heteroatoms. The molecule has 1 aromatic heterocycles. The lowest BCUT2D eigenvalue weighted by atomic mass is 9.97. The number of nitrogens with zero attached hydrogens (tertiary/aromatic N) is 4. The predicted octanol–water partition coefficient (Wildman–Crippen LogP) is 3.96. The first-order valence-electron chi connectivity index (χ1n) is 18.0. The van der Waals surface area contributed by atoms with Crippen molar-refractivity contribution in [1.29, 1.82) is 0 Å². The minimum atomic E-state index is -0.624. The van der Waals surface area contributed by atoms with Gasteiger partial charge in [0.05, 0.1) is 42.4 Å². The van der Waals surface area contributed by atoms with Crippen molar-refractivity contribution in [1.82, 2.24) is 30.8 Å². The number of benzene rings is 2. The molecule has 5 amide bonds. The van der Waals surface area contributed by atoms with E-state index in [2.05, 4.69) is 47.4 Å². The molecule has 3 aromatic rings. The van der Waals surface area contributed by atoms with Crippen molar-refractivity contribution < 1.29 is 37.8 Å². The maximum absolute atomic E-state index is 14.8. The summed E-state index contributed by atoms with van der Waals surface area (Å²) < 4.78 is 26.0. The molecule has 0 atom stereocenters. The SMILES string of the molecule is Cc1ccccc1/C(Cc1ccc(F)c(C(=O)N2CCN(C(=O)CNCCOCCNC=O)CC2)c1)=N\NC=O.Cc1ncc(Br)cc1NC(=O)OC(C)(C)C. The van der Waals surface area contributed by atoms with Gasteiger partial charge in [-0.3, -0.25) is 29.5 Å². The molecule has 2 aromatic carbocycles. The van der Waals surface area contributed by atoms with E-state index in [1.165, 1.54) is 12.1 Å². The molecule has 0 aliphatic carbocycles. The number of hydrazone groups is 1. The Morgan fingerprint density at radius 2 is 1.64 bits per heavy atom. The molecule has 0 bridgehead atoms. The molecule has 4 N–H and O–H groups in total. The first kappa shape index (κ1) is 45.1. The summed E-state index contributed by atoms with van der Waals surface area (Å²) in [4.78, 5) is 65.6. The van der Waals surface area contributed by atoms with Gasteiger partial charge in [-0.1, -0.05) is 30.3 Å². The van der Waals surface area contributed by atoms with Gasteiger partial charge >= 0.3 is 6.09 Å². The van der Waals surface area contributed by atoms with E-state index >= 15 is 0 Å². The average Bonchev–Trinajstić information content (AvgIpc) is 3.16. The monoisotopic (exact) mass is 840 g/mol. The molecule has 1 saturated heterocycles. The Morgan fingerprint density at radius 1 is 0.946 bits per heavy atom. The topological polar surface area (TPSA) is 184 Å². The zero-order valence-corrected chi connectivity index (χ0v) is 33.9. The molecule has 0 unspecified atom stereocenters. The molecule has 0 radical (unpaired) electrons. The maximum atomic E-state index is 14.8. The maximum Gasteiger partial charge on any atom is 0.412 e. The quantitative estimate of drug-likeness (QED) is 0.0718. The molecule has 56 heavy (non-hydrogen) atoms. The van der Waals surface area contributed by atoms with E-state index in [9.17, 15) is 28.4 Å². The highest BCUT2D eigenvalue weighted by molar-refractivity contribution is 9.10. The molecular weight excluding hydrogens is 791 g/mol. The van der Waals surface area contributed by atoms with Crippen molar-refractivity contribution in [2.45, 2.75) is 46.6 Å². The number of aryl methyl sites for hydroxylation is 2. The van der Waals surface area contributed by atoms with E-state index in [0.717, 1.165) is 21.3 Å². The van der Waals surface area contributed by atoms with Gasteiger partial charge in [0.15, 0.2) is 0 Å². The number of hydrogen-bond acceptors (Lipinski definition) is 10. The van der Waals surface area contributed by atoms with E-state index < -0.39 is 23.4 Å². The van der Waals surface area contributed by atoms with Gasteiger partial charge in [-0.05, 0) is 79.9 Å². The Balaban J connectivity index is 0.000000439. The fourth-order valence-electron chi connectivity index (χ4n) is 5.36. The number of rotatable bonds is 16. The molecule has 302 valence electrons. The summed E-state index contributed by atoms with van der Waals surface area (Å²) in [5, 5.41) is 12.3. The molecule has 1 aliphatic rings. The van der Waals surface area contributed by atoms with Gasteiger partial charge in [-0.25, -0.2) is 14.6 Å². The average molecular weight is 842 g/mol. The number of hydrogen-bond donors (Lipinski definition) is 4. The number of halogens is 2. The number of anilines is 1. The van der Waals surface area contributed by atoms with Gasteiger partial charge in [0, 0.05) is 61.9 Å². The molecule has 1 aliphatic heterocycles. The molecule has 0 saturated carbocycles. The second-order valence-corrected chi connectivity index (χ2v) is 14.5. The number of pyridine rings is 1. The molecule has 0 spiro atoms. The van der Waals surface area contributed by atoms with Gasteiger partial charge < -0.3 is 29.9 Å². The third-order valence-electron chi connectivity index (χ3n) is 8.12. The summed E-state index contributed by atoms with van der Waals surface area (Å²) in [6.45, 7) is 12.4. The van der Waals surface area contributed by atoms with Crippen molar-refractivity contribution >= 4 is 58.1 Å². The highest BCUT2D eigenvalue weighted by Gasteiger charge is 2.26. The van der Waals surface area contributed by atoms with Crippen LogP contribution in [-0.4, -0.2) is 116 Å². The zero-order chi connectivity index (χ0) is 41.1. The largest absolute Gasteiger partial charge is 0.444 e. The number of amides is 5. The Labute approximate surface area is 334 Å². The fraction of sp³-hybridized carbons (Fsp3) is 0.410. The second-order valence-electron chi connectivity index (χ2n) is 13.6. The predicted molar refractivity (Wildman–Crippen MR) is 214 cm³/mol. The molecular formula is C39H50BrFN8O7. The van der Waals surface area contributed by atoms with Crippen LogP contribution in [0.5, 0.6) is 0 Å². The van der Waals surface area contributed by atoms with E-state index in [4.69, 9.17) is 9.47 Å². The summed E-state index contributed by atoms with van der Waals surface area (Å²) in [6, 6.07) is 13.7. The highest BCUT2D eigenvalue weighted by Crippen LogP contribution is 2.20. The van der Waals surface area contributed by atoms with E-state index in [1.54, 1.807) is 28.1 Å². The van der Waals surface area contributed by atoms with E-state index in [0.29, 0.717) is 82.3 Å². The Bertz CT molecular complexity index is 1830. The summed E-state index contributed by atoms with van der Waals surface area (Å²) in [7, 11) is 0. The van der Waals surface area contributed by atoms with Gasteiger partial charge in [0.25, 0.3) is 5.91 Å². The van der Waals surface area contributed by atoms with Crippen LogP contribution in [0.3, 0.4) is 0 Å². The number of carbonyl (C=O) groups excluding carboxylic acids is 5. The Hall–Kier alpha value is -5.26. The lowest BCUT2D eigenvalue weighted by molar-refractivity contribution is -0.131. The minimum Gasteiger partial charge on any atom is -0.444 e. The number of piperazine rings is 1. The number of aromatic nitrogens is 1. The number of ether oxygens (including phenoxy) is 2. The smallest absolute Gasteiger partial charge is 0.412 e. The standard InChI is InChI=1S/C28H35FN6O5.C11H15BrN2O2/c1-21-4-2-3-5-23(21)26(33-32-20-37)17-22-6-7-25(29)24(16-22)28(39)35-12-10-34(11-13-35)27(38)18-30-8-14-40-15-9-31-19-36;1-7-9(5-8(12)6-13-7)14-10(15)16-11(2,3)4/h2-7,16,19-20,30H,8-15,17-18H2,1H3,(H,31,36)(H,32,37);5-6H,1-4H3,(H,14,15)/b33-26-;. The summed E-state index contributed by atoms with van der Waals surface area (Å²) in [5.41, 5.74) is 6.23. The Kier molecular flexibility index (Phi) is 18.5. The van der Waals surface area contributed by atoms with Crippen molar-refractivity contribution in [2.75, 3.05) is 64.3 Å². The van der Waals surface area contributed by atoms with Crippen LogP contribution in [0.1, 0.15) is 53.5 Å². The van der Waals surface area contributed by atoms with E-state index in [-0.39, 0.29) is 24.4 Å². The van der Waals surface area contributed by atoms with E-state index in [1.807, 2.05) is 58.9 Å². The van der Waals surface area contributed by atoms with Crippen molar-refractivity contribution in [2.24, 2.45) is 5.10 Å². The van der Waals surface area contributed by atoms with Crippen LogP contribution < -0.4 is 21.4 Å². The normalized spacial score (nSPS) is 12.9. The van der Waals surface area contributed by atoms with Crippen LogP contribution in [0.15, 0.2) is 64.3 Å². The lowest BCUT2D eigenvalue weighted by Gasteiger charge is -2.35.